The number of ether oxygens (including phenoxy) is 2. The molecule has 0 fully saturated rings. The Morgan fingerprint density at radius 1 is 1.41 bits per heavy atom. The van der Waals surface area contributed by atoms with Crippen molar-refractivity contribution < 1.29 is 9.47 Å². The highest BCUT2D eigenvalue weighted by Crippen LogP contribution is 2.34. The molecule has 0 amide bonds. The van der Waals surface area contributed by atoms with Crippen molar-refractivity contribution in [3.05, 3.63) is 23.3 Å². The molecule has 2 N–H and O–H groups in total. The van der Waals surface area contributed by atoms with E-state index in [1.165, 1.54) is 5.56 Å². The summed E-state index contributed by atoms with van der Waals surface area (Å²) in [5.41, 5.74) is 2.29. The first-order valence-electron chi connectivity index (χ1n) is 7.84. The summed E-state index contributed by atoms with van der Waals surface area (Å²) in [7, 11) is 3.48. The van der Waals surface area contributed by atoms with Gasteiger partial charge in [-0.15, -0.1) is 0 Å². The van der Waals surface area contributed by atoms with Gasteiger partial charge in [0, 0.05) is 37.7 Å². The van der Waals surface area contributed by atoms with Gasteiger partial charge in [-0.3, -0.25) is 4.99 Å². The van der Waals surface area contributed by atoms with E-state index in [-0.39, 0.29) is 6.10 Å². The van der Waals surface area contributed by atoms with Gasteiger partial charge in [0.25, 0.3) is 0 Å². The quantitative estimate of drug-likeness (QED) is 0.647. The molecule has 1 aliphatic heterocycles. The molecule has 5 nitrogen and oxygen atoms in total. The highest BCUT2D eigenvalue weighted by Gasteiger charge is 2.21. The van der Waals surface area contributed by atoms with Crippen molar-refractivity contribution in [2.45, 2.75) is 39.8 Å². The van der Waals surface area contributed by atoms with Crippen LogP contribution in [0.1, 0.15) is 31.9 Å². The zero-order valence-electron chi connectivity index (χ0n) is 14.2. The van der Waals surface area contributed by atoms with Crippen LogP contribution in [0, 0.1) is 5.92 Å². The summed E-state index contributed by atoms with van der Waals surface area (Å²) in [6, 6.07) is 4.15. The second-order valence-electron chi connectivity index (χ2n) is 6.10. The average molecular weight is 305 g/mol. The van der Waals surface area contributed by atoms with Crippen LogP contribution >= 0.6 is 0 Å². The van der Waals surface area contributed by atoms with E-state index in [0.717, 1.165) is 36.0 Å². The Balaban J connectivity index is 2.04. The Hall–Kier alpha value is -1.91. The molecule has 0 bridgehead atoms. The number of hydrogen-bond donors (Lipinski definition) is 2. The molecule has 0 aliphatic carbocycles. The Kier molecular flexibility index (Phi) is 5.52. The third-order valence-electron chi connectivity index (χ3n) is 3.65. The van der Waals surface area contributed by atoms with Crippen molar-refractivity contribution in [1.82, 2.24) is 10.6 Å². The number of fused-ring (bicyclic) bond motifs is 1. The average Bonchev–Trinajstić information content (AvgIpc) is 2.85. The molecule has 0 spiro atoms. The maximum atomic E-state index is 5.83. The van der Waals surface area contributed by atoms with E-state index in [1.807, 2.05) is 0 Å². The molecule has 122 valence electrons. The van der Waals surface area contributed by atoms with Gasteiger partial charge in [0.15, 0.2) is 5.96 Å². The van der Waals surface area contributed by atoms with Gasteiger partial charge in [-0.05, 0) is 25.0 Å². The van der Waals surface area contributed by atoms with Crippen molar-refractivity contribution in [3.8, 4) is 11.5 Å². The largest absolute Gasteiger partial charge is 0.496 e. The molecule has 1 aromatic rings. The van der Waals surface area contributed by atoms with Crippen molar-refractivity contribution in [2.75, 3.05) is 20.7 Å². The van der Waals surface area contributed by atoms with Gasteiger partial charge in [0.1, 0.15) is 17.6 Å². The summed E-state index contributed by atoms with van der Waals surface area (Å²) in [5, 5.41) is 6.62. The van der Waals surface area contributed by atoms with Crippen LogP contribution < -0.4 is 20.1 Å². The highest BCUT2D eigenvalue weighted by molar-refractivity contribution is 5.79. The lowest BCUT2D eigenvalue weighted by molar-refractivity contribution is 0.254. The number of rotatable bonds is 5. The van der Waals surface area contributed by atoms with Gasteiger partial charge >= 0.3 is 0 Å². The Morgan fingerprint density at radius 2 is 2.18 bits per heavy atom. The fraction of sp³-hybridized carbons (Fsp3) is 0.588. The summed E-state index contributed by atoms with van der Waals surface area (Å²) in [6.45, 7) is 7.96. The van der Waals surface area contributed by atoms with Crippen LogP contribution in [0.4, 0.5) is 0 Å². The maximum Gasteiger partial charge on any atom is 0.191 e. The minimum atomic E-state index is 0.239. The number of methoxy groups -OCH3 is 1. The smallest absolute Gasteiger partial charge is 0.191 e. The van der Waals surface area contributed by atoms with Gasteiger partial charge in [0.2, 0.25) is 0 Å². The number of nitrogens with zero attached hydrogens (tertiary/aromatic N) is 1. The number of guanidine groups is 1. The number of benzene rings is 1. The van der Waals surface area contributed by atoms with Crippen LogP contribution in [0.15, 0.2) is 17.1 Å². The number of hydrogen-bond acceptors (Lipinski definition) is 3. The van der Waals surface area contributed by atoms with Crippen LogP contribution in [-0.2, 0) is 13.0 Å². The van der Waals surface area contributed by atoms with Gasteiger partial charge in [-0.1, -0.05) is 13.8 Å². The fourth-order valence-electron chi connectivity index (χ4n) is 2.51. The molecule has 0 saturated heterocycles. The molecule has 22 heavy (non-hydrogen) atoms. The van der Waals surface area contributed by atoms with E-state index >= 15 is 0 Å². The third kappa shape index (κ3) is 4.06. The molecule has 0 saturated carbocycles. The standard InChI is InChI=1S/C17H27N3O2/c1-11(2)9-19-17(18-4)20-10-14-8-16-13(6-12(3)22-16)7-15(14)21-5/h7-8,11-12H,6,9-10H2,1-5H3,(H2,18,19,20). The summed E-state index contributed by atoms with van der Waals surface area (Å²) < 4.78 is 11.3. The van der Waals surface area contributed by atoms with Crippen molar-refractivity contribution >= 4 is 5.96 Å². The Morgan fingerprint density at radius 3 is 2.82 bits per heavy atom. The molecule has 2 rings (SSSR count). The SMILES string of the molecule is CN=C(NCc1cc2c(cc1OC)CC(C)O2)NCC(C)C. The Bertz CT molecular complexity index is 541. The van der Waals surface area contributed by atoms with E-state index in [4.69, 9.17) is 9.47 Å². The molecular formula is C17H27N3O2. The summed E-state index contributed by atoms with van der Waals surface area (Å²) in [6.07, 6.45) is 1.18. The molecular weight excluding hydrogens is 278 g/mol. The first-order valence-corrected chi connectivity index (χ1v) is 7.84. The number of nitrogens with one attached hydrogen (secondary N) is 2. The van der Waals surface area contributed by atoms with Crippen LogP contribution in [-0.4, -0.2) is 32.8 Å². The zero-order valence-corrected chi connectivity index (χ0v) is 14.2. The molecule has 0 aromatic heterocycles. The van der Waals surface area contributed by atoms with E-state index in [1.54, 1.807) is 14.2 Å². The molecule has 1 unspecified atom stereocenters. The molecule has 1 aromatic carbocycles. The fourth-order valence-corrected chi connectivity index (χ4v) is 2.51. The molecule has 1 aliphatic rings. The van der Waals surface area contributed by atoms with E-state index in [2.05, 4.69) is 48.5 Å². The lowest BCUT2D eigenvalue weighted by Gasteiger charge is -2.15. The van der Waals surface area contributed by atoms with E-state index in [9.17, 15) is 0 Å². The molecule has 1 heterocycles. The zero-order chi connectivity index (χ0) is 16.1. The van der Waals surface area contributed by atoms with Crippen molar-refractivity contribution in [3.63, 3.8) is 0 Å². The second-order valence-corrected chi connectivity index (χ2v) is 6.10. The normalized spacial score (nSPS) is 17.2. The van der Waals surface area contributed by atoms with Crippen LogP contribution in [0.5, 0.6) is 11.5 Å². The second kappa shape index (κ2) is 7.38. The third-order valence-corrected chi connectivity index (χ3v) is 3.65. The number of aliphatic imine (C=N–C) groups is 1. The van der Waals surface area contributed by atoms with Gasteiger partial charge in [-0.25, -0.2) is 0 Å². The van der Waals surface area contributed by atoms with Crippen molar-refractivity contribution in [2.24, 2.45) is 10.9 Å². The summed E-state index contributed by atoms with van der Waals surface area (Å²) in [4.78, 5) is 4.24. The predicted octanol–water partition coefficient (Wildman–Crippen LogP) is 2.34. The topological polar surface area (TPSA) is 54.9 Å². The van der Waals surface area contributed by atoms with E-state index in [0.29, 0.717) is 12.5 Å². The summed E-state index contributed by atoms with van der Waals surface area (Å²) in [5.74, 6) is 3.23. The van der Waals surface area contributed by atoms with Gasteiger partial charge in [-0.2, -0.15) is 0 Å². The first-order chi connectivity index (χ1) is 10.5. The van der Waals surface area contributed by atoms with E-state index < -0.39 is 0 Å². The minimum absolute atomic E-state index is 0.239. The first kappa shape index (κ1) is 16.5. The highest BCUT2D eigenvalue weighted by atomic mass is 16.5. The summed E-state index contributed by atoms with van der Waals surface area (Å²) >= 11 is 0. The van der Waals surface area contributed by atoms with Gasteiger partial charge in [0.05, 0.1) is 7.11 Å². The van der Waals surface area contributed by atoms with Crippen molar-refractivity contribution in [1.29, 1.82) is 0 Å². The molecule has 5 heteroatoms. The van der Waals surface area contributed by atoms with Crippen LogP contribution in [0.25, 0.3) is 0 Å². The minimum Gasteiger partial charge on any atom is -0.496 e. The lowest BCUT2D eigenvalue weighted by atomic mass is 10.1. The monoisotopic (exact) mass is 305 g/mol. The predicted molar refractivity (Wildman–Crippen MR) is 89.8 cm³/mol. The van der Waals surface area contributed by atoms with Gasteiger partial charge < -0.3 is 20.1 Å². The van der Waals surface area contributed by atoms with Crippen LogP contribution in [0.3, 0.4) is 0 Å². The maximum absolute atomic E-state index is 5.83. The lowest BCUT2D eigenvalue weighted by Crippen LogP contribution is -2.38. The molecule has 0 radical (unpaired) electrons. The molecule has 1 atom stereocenters. The Labute approximate surface area is 133 Å². The van der Waals surface area contributed by atoms with Crippen LogP contribution in [0.2, 0.25) is 0 Å².